The van der Waals surface area contributed by atoms with Crippen molar-refractivity contribution in [2.24, 2.45) is 0 Å². The number of piperidine rings is 1. The first-order chi connectivity index (χ1) is 11.3. The highest BCUT2D eigenvalue weighted by atomic mass is 32.1. The number of carbonyl (C=O) groups is 1. The molecule has 0 unspecified atom stereocenters. The van der Waals surface area contributed by atoms with Crippen molar-refractivity contribution >= 4 is 27.5 Å². The second kappa shape index (κ2) is 8.31. The molecule has 4 nitrogen and oxygen atoms in total. The molecule has 2 amide bonds. The van der Waals surface area contributed by atoms with Crippen molar-refractivity contribution in [3.63, 3.8) is 0 Å². The van der Waals surface area contributed by atoms with Crippen LogP contribution in [0.4, 0.5) is 4.79 Å². The van der Waals surface area contributed by atoms with Gasteiger partial charge in [-0.1, -0.05) is 24.6 Å². The summed E-state index contributed by atoms with van der Waals surface area (Å²) in [6.45, 7) is 4.72. The fourth-order valence-electron chi connectivity index (χ4n) is 3.11. The lowest BCUT2D eigenvalue weighted by Gasteiger charge is -2.26. The van der Waals surface area contributed by atoms with Gasteiger partial charge in [-0.25, -0.2) is 4.79 Å². The maximum atomic E-state index is 11.8. The Morgan fingerprint density at radius 3 is 2.74 bits per heavy atom. The van der Waals surface area contributed by atoms with Crippen LogP contribution >= 0.6 is 11.3 Å². The molecule has 0 aliphatic carbocycles. The normalized spacial score (nSPS) is 15.7. The summed E-state index contributed by atoms with van der Waals surface area (Å²) in [6, 6.07) is 8.38. The molecule has 1 aliphatic heterocycles. The molecule has 5 heteroatoms. The van der Waals surface area contributed by atoms with E-state index in [1.807, 2.05) is 0 Å². The van der Waals surface area contributed by atoms with Crippen LogP contribution < -0.4 is 10.6 Å². The van der Waals surface area contributed by atoms with Gasteiger partial charge >= 0.3 is 6.03 Å². The fraction of sp³-hybridized carbons (Fsp3) is 0.500. The first kappa shape index (κ1) is 16.3. The predicted molar refractivity (Wildman–Crippen MR) is 97.2 cm³/mol. The van der Waals surface area contributed by atoms with E-state index >= 15 is 0 Å². The van der Waals surface area contributed by atoms with Crippen LogP contribution in [0.2, 0.25) is 0 Å². The number of fused-ring (bicyclic) bond motifs is 1. The highest BCUT2D eigenvalue weighted by Gasteiger charge is 2.10. The van der Waals surface area contributed by atoms with Gasteiger partial charge < -0.3 is 15.5 Å². The predicted octanol–water partition coefficient (Wildman–Crippen LogP) is 3.23. The lowest BCUT2D eigenvalue weighted by Crippen LogP contribution is -2.42. The summed E-state index contributed by atoms with van der Waals surface area (Å²) in [5.41, 5.74) is 1.32. The Hall–Kier alpha value is -1.59. The number of amides is 2. The van der Waals surface area contributed by atoms with Crippen molar-refractivity contribution in [3.8, 4) is 0 Å². The number of thiophene rings is 1. The summed E-state index contributed by atoms with van der Waals surface area (Å²) in [5, 5.41) is 9.42. The number of hydrogen-bond donors (Lipinski definition) is 2. The van der Waals surface area contributed by atoms with Gasteiger partial charge in [-0.3, -0.25) is 0 Å². The molecule has 1 aromatic carbocycles. The highest BCUT2D eigenvalue weighted by Crippen LogP contribution is 2.25. The molecular formula is C18H25N3OS. The zero-order chi connectivity index (χ0) is 15.9. The maximum Gasteiger partial charge on any atom is 0.314 e. The number of hydrogen-bond acceptors (Lipinski definition) is 3. The van der Waals surface area contributed by atoms with Gasteiger partial charge in [0.15, 0.2) is 0 Å². The Bertz CT molecular complexity index is 634. The minimum atomic E-state index is -0.0541. The van der Waals surface area contributed by atoms with Crippen molar-refractivity contribution < 1.29 is 4.79 Å². The third kappa shape index (κ3) is 4.69. The van der Waals surface area contributed by atoms with Gasteiger partial charge in [-0.05, 0) is 54.7 Å². The summed E-state index contributed by atoms with van der Waals surface area (Å²) < 4.78 is 1.31. The van der Waals surface area contributed by atoms with Crippen LogP contribution in [0.5, 0.6) is 0 Å². The lowest BCUT2D eigenvalue weighted by atomic mass is 10.1. The summed E-state index contributed by atoms with van der Waals surface area (Å²) in [4.78, 5) is 14.3. The van der Waals surface area contributed by atoms with E-state index < -0.39 is 0 Å². The largest absolute Gasteiger partial charge is 0.338 e. The van der Waals surface area contributed by atoms with Gasteiger partial charge in [-0.2, -0.15) is 0 Å². The Balaban J connectivity index is 1.34. The van der Waals surface area contributed by atoms with Crippen LogP contribution in [0, 0.1) is 0 Å². The summed E-state index contributed by atoms with van der Waals surface area (Å²) >= 11 is 1.77. The molecule has 0 spiro atoms. The molecule has 1 aromatic heterocycles. The van der Waals surface area contributed by atoms with Crippen LogP contribution in [0.25, 0.3) is 10.1 Å². The topological polar surface area (TPSA) is 44.4 Å². The van der Waals surface area contributed by atoms with Crippen LogP contribution in [-0.4, -0.2) is 43.7 Å². The molecule has 3 rings (SSSR count). The summed E-state index contributed by atoms with van der Waals surface area (Å²) in [5.74, 6) is 0. The SMILES string of the molecule is O=C(NCCc1csc2ccccc12)NCCN1CCCCC1. The van der Waals surface area contributed by atoms with E-state index in [4.69, 9.17) is 0 Å². The molecule has 2 N–H and O–H groups in total. The Morgan fingerprint density at radius 2 is 1.87 bits per heavy atom. The average Bonchev–Trinajstić information content (AvgIpc) is 2.99. The summed E-state index contributed by atoms with van der Waals surface area (Å²) in [7, 11) is 0. The second-order valence-electron chi connectivity index (χ2n) is 6.09. The van der Waals surface area contributed by atoms with E-state index in [1.54, 1.807) is 11.3 Å². The van der Waals surface area contributed by atoms with Crippen LogP contribution in [0.1, 0.15) is 24.8 Å². The molecule has 0 atom stereocenters. The third-order valence-electron chi connectivity index (χ3n) is 4.40. The van der Waals surface area contributed by atoms with Crippen molar-refractivity contribution in [2.45, 2.75) is 25.7 Å². The molecule has 23 heavy (non-hydrogen) atoms. The third-order valence-corrected chi connectivity index (χ3v) is 5.42. The van der Waals surface area contributed by atoms with Crippen LogP contribution in [-0.2, 0) is 6.42 Å². The standard InChI is InChI=1S/C18H25N3OS/c22-18(20-10-13-21-11-4-1-5-12-21)19-9-8-15-14-23-17-7-3-2-6-16(15)17/h2-3,6-7,14H,1,4-5,8-13H2,(H2,19,20,22). The number of rotatable bonds is 6. The van der Waals surface area contributed by atoms with Gasteiger partial charge in [0.25, 0.3) is 0 Å². The van der Waals surface area contributed by atoms with E-state index in [1.165, 1.54) is 48.0 Å². The highest BCUT2D eigenvalue weighted by molar-refractivity contribution is 7.17. The van der Waals surface area contributed by atoms with E-state index in [2.05, 4.69) is 45.2 Å². The average molecular weight is 331 g/mol. The minimum Gasteiger partial charge on any atom is -0.338 e. The van der Waals surface area contributed by atoms with Crippen molar-refractivity contribution in [2.75, 3.05) is 32.7 Å². The zero-order valence-electron chi connectivity index (χ0n) is 13.5. The lowest BCUT2D eigenvalue weighted by molar-refractivity contribution is 0.220. The minimum absolute atomic E-state index is 0.0541. The number of carbonyl (C=O) groups excluding carboxylic acids is 1. The number of urea groups is 1. The second-order valence-corrected chi connectivity index (χ2v) is 7.00. The molecule has 1 saturated heterocycles. The van der Waals surface area contributed by atoms with E-state index in [0.717, 1.165) is 19.5 Å². The number of nitrogens with one attached hydrogen (secondary N) is 2. The smallest absolute Gasteiger partial charge is 0.314 e. The first-order valence-corrected chi connectivity index (χ1v) is 9.40. The van der Waals surface area contributed by atoms with E-state index in [9.17, 15) is 4.79 Å². The van der Waals surface area contributed by atoms with Gasteiger partial charge in [0.2, 0.25) is 0 Å². The van der Waals surface area contributed by atoms with Crippen molar-refractivity contribution in [3.05, 3.63) is 35.2 Å². The monoisotopic (exact) mass is 331 g/mol. The van der Waals surface area contributed by atoms with Crippen LogP contribution in [0.15, 0.2) is 29.6 Å². The van der Waals surface area contributed by atoms with E-state index in [0.29, 0.717) is 6.54 Å². The molecule has 0 radical (unpaired) electrons. The van der Waals surface area contributed by atoms with E-state index in [-0.39, 0.29) is 6.03 Å². The number of likely N-dealkylation sites (tertiary alicyclic amines) is 1. The van der Waals surface area contributed by atoms with Crippen LogP contribution in [0.3, 0.4) is 0 Å². The Kier molecular flexibility index (Phi) is 5.88. The molecular weight excluding hydrogens is 306 g/mol. The number of benzene rings is 1. The van der Waals surface area contributed by atoms with Crippen molar-refractivity contribution in [1.29, 1.82) is 0 Å². The summed E-state index contributed by atoms with van der Waals surface area (Å²) in [6.07, 6.45) is 4.81. The van der Waals surface area contributed by atoms with Gasteiger partial charge in [0.05, 0.1) is 0 Å². The zero-order valence-corrected chi connectivity index (χ0v) is 14.3. The molecule has 1 aliphatic rings. The Labute approximate surface area is 141 Å². The van der Waals surface area contributed by atoms with Gasteiger partial charge in [-0.15, -0.1) is 11.3 Å². The maximum absolute atomic E-state index is 11.8. The van der Waals surface area contributed by atoms with Gasteiger partial charge in [0, 0.05) is 24.3 Å². The van der Waals surface area contributed by atoms with Gasteiger partial charge in [0.1, 0.15) is 0 Å². The first-order valence-electron chi connectivity index (χ1n) is 8.52. The molecule has 2 aromatic rings. The van der Waals surface area contributed by atoms with Crippen molar-refractivity contribution in [1.82, 2.24) is 15.5 Å². The molecule has 2 heterocycles. The quantitative estimate of drug-likeness (QED) is 0.853. The molecule has 0 bridgehead atoms. The fourth-order valence-corrected chi connectivity index (χ4v) is 4.11. The Morgan fingerprint density at radius 1 is 1.09 bits per heavy atom. The molecule has 124 valence electrons. The number of nitrogens with zero attached hydrogens (tertiary/aromatic N) is 1. The molecule has 1 fully saturated rings. The molecule has 0 saturated carbocycles.